The van der Waals surface area contributed by atoms with Crippen LogP contribution >= 0.6 is 11.3 Å². The fourth-order valence-electron chi connectivity index (χ4n) is 2.88. The van der Waals surface area contributed by atoms with E-state index < -0.39 is 12.1 Å². The fourth-order valence-corrected chi connectivity index (χ4v) is 3.82. The second-order valence-electron chi connectivity index (χ2n) is 6.26. The number of hydrogen-bond acceptors (Lipinski definition) is 7. The second kappa shape index (κ2) is 9.86. The first-order chi connectivity index (χ1) is 15.0. The van der Waals surface area contributed by atoms with E-state index in [-0.39, 0.29) is 17.2 Å². The summed E-state index contributed by atoms with van der Waals surface area (Å²) >= 11 is 1.01. The number of amides is 1. The molecule has 31 heavy (non-hydrogen) atoms. The summed E-state index contributed by atoms with van der Waals surface area (Å²) in [7, 11) is 4.48. The van der Waals surface area contributed by atoms with Gasteiger partial charge in [0.05, 0.1) is 27.0 Å². The summed E-state index contributed by atoms with van der Waals surface area (Å²) in [4.78, 5) is 24.5. The van der Waals surface area contributed by atoms with Crippen molar-refractivity contribution in [1.82, 2.24) is 0 Å². The molecule has 3 aromatic rings. The molecule has 2 aromatic carbocycles. The number of nitrogens with one attached hydrogen (secondary N) is 1. The van der Waals surface area contributed by atoms with E-state index in [4.69, 9.17) is 18.9 Å². The second-order valence-corrected chi connectivity index (χ2v) is 7.31. The third-order valence-corrected chi connectivity index (χ3v) is 5.50. The van der Waals surface area contributed by atoms with Crippen molar-refractivity contribution in [3.05, 3.63) is 59.0 Å². The molecule has 0 spiro atoms. The van der Waals surface area contributed by atoms with E-state index in [9.17, 15) is 14.7 Å². The third-order valence-electron chi connectivity index (χ3n) is 4.33. The smallest absolute Gasteiger partial charge is 0.412 e. The number of carbonyl (C=O) groups excluding carboxylic acids is 1. The zero-order valence-corrected chi connectivity index (χ0v) is 17.9. The van der Waals surface area contributed by atoms with Gasteiger partial charge in [0, 0.05) is 4.88 Å². The molecule has 0 fully saturated rings. The van der Waals surface area contributed by atoms with Gasteiger partial charge in [-0.3, -0.25) is 5.32 Å². The first-order valence-corrected chi connectivity index (χ1v) is 9.93. The number of hydrogen-bond donors (Lipinski definition) is 2. The van der Waals surface area contributed by atoms with Crippen LogP contribution in [0.2, 0.25) is 0 Å². The normalized spacial score (nSPS) is 10.3. The zero-order chi connectivity index (χ0) is 22.4. The van der Waals surface area contributed by atoms with Crippen LogP contribution in [0.3, 0.4) is 0 Å². The summed E-state index contributed by atoms with van der Waals surface area (Å²) in [5, 5.41) is 12.1. The Morgan fingerprint density at radius 2 is 1.61 bits per heavy atom. The third kappa shape index (κ3) is 5.07. The van der Waals surface area contributed by atoms with Crippen molar-refractivity contribution in [2.24, 2.45) is 0 Å². The van der Waals surface area contributed by atoms with Crippen LogP contribution in [0.4, 0.5) is 10.5 Å². The number of anilines is 1. The molecule has 0 aliphatic carbocycles. The first-order valence-electron chi connectivity index (χ1n) is 9.12. The molecule has 2 N–H and O–H groups in total. The highest BCUT2D eigenvalue weighted by atomic mass is 32.1. The topological polar surface area (TPSA) is 103 Å². The maximum atomic E-state index is 12.2. The van der Waals surface area contributed by atoms with Gasteiger partial charge in [0.1, 0.15) is 11.5 Å². The number of aromatic carboxylic acids is 1. The molecular weight excluding hydrogens is 422 g/mol. The van der Waals surface area contributed by atoms with Gasteiger partial charge >= 0.3 is 12.1 Å². The Hall–Kier alpha value is -3.72. The molecule has 8 nitrogen and oxygen atoms in total. The molecule has 0 radical (unpaired) electrons. The molecule has 3 rings (SSSR count). The molecule has 0 saturated carbocycles. The molecule has 9 heteroatoms. The van der Waals surface area contributed by atoms with E-state index in [1.54, 1.807) is 18.2 Å². The van der Waals surface area contributed by atoms with Crippen LogP contribution in [0, 0.1) is 0 Å². The van der Waals surface area contributed by atoms with Crippen molar-refractivity contribution in [2.45, 2.75) is 6.61 Å². The van der Waals surface area contributed by atoms with Crippen LogP contribution in [0.25, 0.3) is 10.4 Å². The molecule has 0 aliphatic rings. The number of benzene rings is 2. The van der Waals surface area contributed by atoms with Gasteiger partial charge in [-0.25, -0.2) is 9.59 Å². The van der Waals surface area contributed by atoms with Crippen LogP contribution in [0.15, 0.2) is 48.5 Å². The summed E-state index contributed by atoms with van der Waals surface area (Å²) in [6, 6.07) is 14.2. The summed E-state index contributed by atoms with van der Waals surface area (Å²) in [5.74, 6) is 0.117. The van der Waals surface area contributed by atoms with Gasteiger partial charge < -0.3 is 24.1 Å². The number of carbonyl (C=O) groups is 2. The standard InChI is InChI=1S/C22H21NO7S/c1-27-16-9-14(10-17(28-2)19(16)29-3)18-11-15(20(31-18)21(24)25)23-22(26)30-12-13-7-5-4-6-8-13/h4-11H,12H2,1-3H3,(H,23,26)(H,24,25). The minimum Gasteiger partial charge on any atom is -0.493 e. The first kappa shape index (κ1) is 22.0. The van der Waals surface area contributed by atoms with Gasteiger partial charge in [0.2, 0.25) is 5.75 Å². The summed E-state index contributed by atoms with van der Waals surface area (Å²) in [6.45, 7) is 0.0684. The number of thiophene rings is 1. The van der Waals surface area contributed by atoms with Crippen molar-refractivity contribution in [3.63, 3.8) is 0 Å². The number of methoxy groups -OCH3 is 3. The zero-order valence-electron chi connectivity index (χ0n) is 17.1. The van der Waals surface area contributed by atoms with Gasteiger partial charge in [-0.1, -0.05) is 30.3 Å². The molecule has 0 saturated heterocycles. The summed E-state index contributed by atoms with van der Waals surface area (Å²) in [5.41, 5.74) is 1.60. The molecule has 1 heterocycles. The van der Waals surface area contributed by atoms with Gasteiger partial charge in [-0.15, -0.1) is 11.3 Å². The minimum atomic E-state index is -1.16. The van der Waals surface area contributed by atoms with Gasteiger partial charge in [0.15, 0.2) is 11.5 Å². The lowest BCUT2D eigenvalue weighted by Gasteiger charge is -2.13. The molecule has 0 unspecified atom stereocenters. The fraction of sp³-hybridized carbons (Fsp3) is 0.182. The SMILES string of the molecule is COc1cc(-c2cc(NC(=O)OCc3ccccc3)c(C(=O)O)s2)cc(OC)c1OC. The quantitative estimate of drug-likeness (QED) is 0.511. The molecule has 0 aliphatic heterocycles. The molecule has 162 valence electrons. The van der Waals surface area contributed by atoms with E-state index in [0.29, 0.717) is 27.7 Å². The van der Waals surface area contributed by atoms with E-state index >= 15 is 0 Å². The lowest BCUT2D eigenvalue weighted by molar-refractivity contribution is 0.0703. The van der Waals surface area contributed by atoms with E-state index in [1.807, 2.05) is 30.3 Å². The molecule has 0 bridgehead atoms. The van der Waals surface area contributed by atoms with Crippen LogP contribution < -0.4 is 19.5 Å². The average molecular weight is 443 g/mol. The van der Waals surface area contributed by atoms with Gasteiger partial charge in [-0.2, -0.15) is 0 Å². The highest BCUT2D eigenvalue weighted by Crippen LogP contribution is 2.44. The van der Waals surface area contributed by atoms with E-state index in [2.05, 4.69) is 5.32 Å². The van der Waals surface area contributed by atoms with Crippen molar-refractivity contribution < 1.29 is 33.6 Å². The Balaban J connectivity index is 1.87. The van der Waals surface area contributed by atoms with Crippen molar-refractivity contribution >= 4 is 29.1 Å². The Morgan fingerprint density at radius 1 is 0.968 bits per heavy atom. The minimum absolute atomic E-state index is 0.0274. The molecule has 1 amide bonds. The van der Waals surface area contributed by atoms with Crippen LogP contribution in [0.1, 0.15) is 15.2 Å². The highest BCUT2D eigenvalue weighted by Gasteiger charge is 2.21. The predicted octanol–water partition coefficient (Wildman–Crippen LogP) is 4.89. The van der Waals surface area contributed by atoms with Gasteiger partial charge in [0.25, 0.3) is 0 Å². The maximum absolute atomic E-state index is 12.2. The Bertz CT molecular complexity index is 1050. The lowest BCUT2D eigenvalue weighted by atomic mass is 10.1. The van der Waals surface area contributed by atoms with Crippen molar-refractivity contribution in [2.75, 3.05) is 26.6 Å². The molecule has 0 atom stereocenters. The molecule has 1 aromatic heterocycles. The lowest BCUT2D eigenvalue weighted by Crippen LogP contribution is -2.14. The van der Waals surface area contributed by atoms with E-state index in [0.717, 1.165) is 16.9 Å². The number of ether oxygens (including phenoxy) is 4. The Morgan fingerprint density at radius 3 is 2.16 bits per heavy atom. The van der Waals surface area contributed by atoms with Crippen molar-refractivity contribution in [1.29, 1.82) is 0 Å². The Kier molecular flexibility index (Phi) is 6.99. The van der Waals surface area contributed by atoms with Crippen LogP contribution in [-0.2, 0) is 11.3 Å². The van der Waals surface area contributed by atoms with Crippen LogP contribution in [0.5, 0.6) is 17.2 Å². The largest absolute Gasteiger partial charge is 0.493 e. The summed E-state index contributed by atoms with van der Waals surface area (Å²) in [6.07, 6.45) is -0.749. The number of rotatable bonds is 8. The number of carboxylic acid groups (broad SMARTS) is 1. The average Bonchev–Trinajstić information content (AvgIpc) is 3.21. The summed E-state index contributed by atoms with van der Waals surface area (Å²) < 4.78 is 21.2. The molecular formula is C22H21NO7S. The van der Waals surface area contributed by atoms with Crippen molar-refractivity contribution in [3.8, 4) is 27.7 Å². The van der Waals surface area contributed by atoms with Crippen LogP contribution in [-0.4, -0.2) is 38.5 Å². The van der Waals surface area contributed by atoms with Gasteiger partial charge in [-0.05, 0) is 29.3 Å². The maximum Gasteiger partial charge on any atom is 0.412 e. The Labute approximate surface area is 182 Å². The van der Waals surface area contributed by atoms with E-state index in [1.165, 1.54) is 21.3 Å². The predicted molar refractivity (Wildman–Crippen MR) is 117 cm³/mol. The monoisotopic (exact) mass is 443 g/mol. The number of carboxylic acids is 1. The highest BCUT2D eigenvalue weighted by molar-refractivity contribution is 7.18.